The van der Waals surface area contributed by atoms with Gasteiger partial charge in [-0.15, -0.1) is 11.8 Å². The molecule has 6 nitrogen and oxygen atoms in total. The highest BCUT2D eigenvalue weighted by molar-refractivity contribution is 7.98. The second kappa shape index (κ2) is 9.61. The molecule has 0 aliphatic heterocycles. The predicted octanol–water partition coefficient (Wildman–Crippen LogP) is 1.37. The number of likely N-dealkylation sites (N-methyl/N-ethyl adjacent to an activating group) is 1. The van der Waals surface area contributed by atoms with Gasteiger partial charge in [0.2, 0.25) is 0 Å². The Morgan fingerprint density at radius 2 is 1.54 bits per heavy atom. The van der Waals surface area contributed by atoms with E-state index in [0.717, 1.165) is 15.5 Å². The Balaban J connectivity index is 1.87. The highest BCUT2D eigenvalue weighted by Gasteiger charge is 2.16. The average molecular weight is 369 g/mol. The standard InChI is InChI=1S/C19H20N4O2S/c1-23(12-18(24)21-15-8-4-3-7-14(15)11-20)13-19(25)22-16-9-5-6-10-17(16)26-2/h3-10H,12-13H2,1-2H3,(H,21,24)(H,22,25)/p+1. The van der Waals surface area contributed by atoms with E-state index in [1.54, 1.807) is 43.1 Å². The Kier molecular flexibility index (Phi) is 7.21. The fourth-order valence-electron chi connectivity index (χ4n) is 2.44. The van der Waals surface area contributed by atoms with Crippen LogP contribution in [0.1, 0.15) is 5.56 Å². The van der Waals surface area contributed by atoms with E-state index in [1.807, 2.05) is 36.6 Å². The lowest BCUT2D eigenvalue weighted by molar-refractivity contribution is -0.862. The van der Waals surface area contributed by atoms with Gasteiger partial charge in [0.05, 0.1) is 24.0 Å². The summed E-state index contributed by atoms with van der Waals surface area (Å²) in [5, 5.41) is 14.6. The van der Waals surface area contributed by atoms with Crippen LogP contribution in [0, 0.1) is 11.3 Å². The lowest BCUT2D eigenvalue weighted by Crippen LogP contribution is -3.11. The molecule has 134 valence electrons. The molecule has 0 saturated heterocycles. The van der Waals surface area contributed by atoms with Gasteiger partial charge >= 0.3 is 0 Å². The normalized spacial score (nSPS) is 11.3. The fourth-order valence-corrected chi connectivity index (χ4v) is 2.99. The number of hydrogen-bond acceptors (Lipinski definition) is 4. The number of benzene rings is 2. The molecule has 0 heterocycles. The maximum absolute atomic E-state index is 12.2. The van der Waals surface area contributed by atoms with E-state index in [9.17, 15) is 9.59 Å². The Morgan fingerprint density at radius 1 is 1.00 bits per heavy atom. The summed E-state index contributed by atoms with van der Waals surface area (Å²) in [6.45, 7) is 0.285. The van der Waals surface area contributed by atoms with E-state index in [1.165, 1.54) is 0 Å². The number of nitriles is 1. The molecule has 26 heavy (non-hydrogen) atoms. The summed E-state index contributed by atoms with van der Waals surface area (Å²) < 4.78 is 0. The van der Waals surface area contributed by atoms with Gasteiger partial charge < -0.3 is 15.5 Å². The van der Waals surface area contributed by atoms with Crippen LogP contribution in [0.2, 0.25) is 0 Å². The predicted molar refractivity (Wildman–Crippen MR) is 103 cm³/mol. The first-order valence-corrected chi connectivity index (χ1v) is 9.29. The first-order chi connectivity index (χ1) is 12.5. The van der Waals surface area contributed by atoms with E-state index in [-0.39, 0.29) is 24.9 Å². The highest BCUT2D eigenvalue weighted by atomic mass is 32.2. The van der Waals surface area contributed by atoms with Crippen LogP contribution in [-0.2, 0) is 9.59 Å². The summed E-state index contributed by atoms with van der Waals surface area (Å²) in [5.74, 6) is -0.406. The largest absolute Gasteiger partial charge is 0.322 e. The number of hydrogen-bond donors (Lipinski definition) is 3. The van der Waals surface area contributed by atoms with Gasteiger partial charge in [-0.05, 0) is 30.5 Å². The van der Waals surface area contributed by atoms with Crippen molar-refractivity contribution < 1.29 is 14.5 Å². The molecule has 0 aliphatic rings. The zero-order valence-corrected chi connectivity index (χ0v) is 15.5. The summed E-state index contributed by atoms with van der Waals surface area (Å²) in [6.07, 6.45) is 1.95. The van der Waals surface area contributed by atoms with Crippen molar-refractivity contribution in [3.63, 3.8) is 0 Å². The molecule has 2 amide bonds. The summed E-state index contributed by atoms with van der Waals surface area (Å²) in [6, 6.07) is 16.4. The molecular formula is C19H21N4O2S+. The van der Waals surface area contributed by atoms with Crippen molar-refractivity contribution in [1.82, 2.24) is 0 Å². The molecule has 0 aromatic heterocycles. The quantitative estimate of drug-likeness (QED) is 0.644. The zero-order valence-electron chi connectivity index (χ0n) is 14.7. The average Bonchev–Trinajstić information content (AvgIpc) is 2.62. The van der Waals surface area contributed by atoms with Crippen LogP contribution < -0.4 is 15.5 Å². The fraction of sp³-hybridized carbons (Fsp3) is 0.211. The third-order valence-corrected chi connectivity index (χ3v) is 4.42. The topological polar surface area (TPSA) is 86.4 Å². The van der Waals surface area contributed by atoms with Crippen LogP contribution in [0.25, 0.3) is 0 Å². The van der Waals surface area contributed by atoms with Crippen LogP contribution >= 0.6 is 11.8 Å². The van der Waals surface area contributed by atoms with Gasteiger partial charge in [-0.1, -0.05) is 24.3 Å². The Bertz CT molecular complexity index is 832. The summed E-state index contributed by atoms with van der Waals surface area (Å²) in [4.78, 5) is 26.1. The molecule has 7 heteroatoms. The first-order valence-electron chi connectivity index (χ1n) is 8.06. The van der Waals surface area contributed by atoms with Gasteiger partial charge in [0, 0.05) is 4.90 Å². The Labute approximate surface area is 157 Å². The SMILES string of the molecule is CSc1ccccc1NC(=O)C[NH+](C)CC(=O)Nc1ccccc1C#N. The van der Waals surface area contributed by atoms with E-state index in [2.05, 4.69) is 10.6 Å². The number of carbonyl (C=O) groups excluding carboxylic acids is 2. The van der Waals surface area contributed by atoms with Crippen LogP contribution in [0.4, 0.5) is 11.4 Å². The number of anilines is 2. The van der Waals surface area contributed by atoms with Crippen LogP contribution in [0.5, 0.6) is 0 Å². The van der Waals surface area contributed by atoms with Crippen LogP contribution in [0.15, 0.2) is 53.4 Å². The zero-order chi connectivity index (χ0) is 18.9. The summed E-state index contributed by atoms with van der Waals surface area (Å²) in [7, 11) is 1.77. The molecule has 2 rings (SSSR count). The maximum Gasteiger partial charge on any atom is 0.279 e. The van der Waals surface area contributed by atoms with Crippen molar-refractivity contribution >= 4 is 35.0 Å². The van der Waals surface area contributed by atoms with Crippen molar-refractivity contribution in [2.75, 3.05) is 37.0 Å². The lowest BCUT2D eigenvalue weighted by Gasteiger charge is -2.15. The number of para-hydroxylation sites is 2. The van der Waals surface area contributed by atoms with Gasteiger partial charge in [0.1, 0.15) is 6.07 Å². The molecule has 0 bridgehead atoms. The van der Waals surface area contributed by atoms with Crippen molar-refractivity contribution in [2.45, 2.75) is 4.90 Å². The van der Waals surface area contributed by atoms with E-state index >= 15 is 0 Å². The van der Waals surface area contributed by atoms with Gasteiger partial charge in [-0.25, -0.2) is 0 Å². The summed E-state index contributed by atoms with van der Waals surface area (Å²) >= 11 is 1.56. The first kappa shape index (κ1) is 19.5. The minimum atomic E-state index is -0.248. The second-order valence-corrected chi connectivity index (χ2v) is 6.61. The van der Waals surface area contributed by atoms with E-state index in [4.69, 9.17) is 5.26 Å². The van der Waals surface area contributed by atoms with Crippen molar-refractivity contribution in [3.8, 4) is 6.07 Å². The number of nitrogens with one attached hydrogen (secondary N) is 3. The van der Waals surface area contributed by atoms with Crippen molar-refractivity contribution in [1.29, 1.82) is 5.26 Å². The molecular weight excluding hydrogens is 348 g/mol. The van der Waals surface area contributed by atoms with E-state index in [0.29, 0.717) is 11.3 Å². The molecule has 0 fully saturated rings. The summed E-state index contributed by atoms with van der Waals surface area (Å²) in [5.41, 5.74) is 1.65. The van der Waals surface area contributed by atoms with Gasteiger partial charge in [-0.3, -0.25) is 9.59 Å². The number of rotatable bonds is 7. The minimum Gasteiger partial charge on any atom is -0.322 e. The van der Waals surface area contributed by atoms with E-state index < -0.39 is 0 Å². The maximum atomic E-state index is 12.2. The molecule has 0 aliphatic carbocycles. The van der Waals surface area contributed by atoms with Crippen molar-refractivity contribution in [2.24, 2.45) is 0 Å². The number of amides is 2. The third-order valence-electron chi connectivity index (χ3n) is 3.63. The molecule has 2 aromatic carbocycles. The van der Waals surface area contributed by atoms with Crippen LogP contribution in [-0.4, -0.2) is 38.2 Å². The van der Waals surface area contributed by atoms with Gasteiger partial charge in [0.15, 0.2) is 13.1 Å². The second-order valence-electron chi connectivity index (χ2n) is 5.76. The van der Waals surface area contributed by atoms with Gasteiger partial charge in [-0.2, -0.15) is 5.26 Å². The van der Waals surface area contributed by atoms with Gasteiger partial charge in [0.25, 0.3) is 11.8 Å². The molecule has 1 unspecified atom stereocenters. The monoisotopic (exact) mass is 369 g/mol. The molecule has 2 aromatic rings. The molecule has 0 spiro atoms. The molecule has 3 N–H and O–H groups in total. The number of quaternary nitrogens is 1. The number of thioether (sulfide) groups is 1. The molecule has 0 radical (unpaired) electrons. The highest BCUT2D eigenvalue weighted by Crippen LogP contribution is 2.24. The number of nitrogens with zero attached hydrogens (tertiary/aromatic N) is 1. The van der Waals surface area contributed by atoms with Crippen molar-refractivity contribution in [3.05, 3.63) is 54.1 Å². The molecule has 0 saturated carbocycles. The minimum absolute atomic E-state index is 0.122. The lowest BCUT2D eigenvalue weighted by atomic mass is 10.2. The molecule has 1 atom stereocenters. The van der Waals surface area contributed by atoms with Crippen LogP contribution in [0.3, 0.4) is 0 Å². The smallest absolute Gasteiger partial charge is 0.279 e. The Hall–Kier alpha value is -2.82. The third kappa shape index (κ3) is 5.62. The Morgan fingerprint density at radius 3 is 2.15 bits per heavy atom. The number of carbonyl (C=O) groups is 2.